The number of carboxylic acid groups (broad SMARTS) is 1. The average Bonchev–Trinajstić information content (AvgIpc) is 2.55. The molecule has 4 nitrogen and oxygen atoms in total. The number of imidazole rings is 1. The van der Waals surface area contributed by atoms with E-state index in [1.807, 2.05) is 26.0 Å². The summed E-state index contributed by atoms with van der Waals surface area (Å²) in [5, 5.41) is 9.51. The van der Waals surface area contributed by atoms with Crippen LogP contribution in [0.1, 0.15) is 26.1 Å². The van der Waals surface area contributed by atoms with E-state index in [-0.39, 0.29) is 11.8 Å². The Bertz CT molecular complexity index is 590. The topological polar surface area (TPSA) is 66.0 Å². The van der Waals surface area contributed by atoms with Crippen molar-refractivity contribution in [1.82, 2.24) is 9.97 Å². The summed E-state index contributed by atoms with van der Waals surface area (Å²) in [6.07, 6.45) is 0.705. The van der Waals surface area contributed by atoms with Crippen molar-refractivity contribution in [3.05, 3.63) is 29.0 Å². The molecule has 1 aromatic heterocycles. The summed E-state index contributed by atoms with van der Waals surface area (Å²) in [6.45, 7) is 3.84. The molecule has 96 valence electrons. The van der Waals surface area contributed by atoms with E-state index in [2.05, 4.69) is 9.97 Å². The molecule has 0 saturated heterocycles. The van der Waals surface area contributed by atoms with Gasteiger partial charge < -0.3 is 10.1 Å². The molecule has 0 aliphatic rings. The number of H-pyrrole nitrogens is 1. The number of fused-ring (bicyclic) bond motifs is 1. The van der Waals surface area contributed by atoms with Crippen LogP contribution >= 0.6 is 11.6 Å². The number of rotatable bonds is 4. The number of aliphatic carboxylic acids is 1. The standard InChI is InChI=1S/C13H15ClN2O2/c1-13(2,7-12(17)18)6-11-15-9-4-3-8(14)5-10(9)16-11/h3-5H,6-7H2,1-2H3,(H,15,16)(H,17,18). The summed E-state index contributed by atoms with van der Waals surface area (Å²) < 4.78 is 0. The van der Waals surface area contributed by atoms with E-state index >= 15 is 0 Å². The van der Waals surface area contributed by atoms with Crippen molar-refractivity contribution in [1.29, 1.82) is 0 Å². The maximum Gasteiger partial charge on any atom is 0.303 e. The van der Waals surface area contributed by atoms with Crippen molar-refractivity contribution in [2.75, 3.05) is 0 Å². The number of nitrogens with one attached hydrogen (secondary N) is 1. The van der Waals surface area contributed by atoms with Gasteiger partial charge in [-0.3, -0.25) is 4.79 Å². The highest BCUT2D eigenvalue weighted by atomic mass is 35.5. The second kappa shape index (κ2) is 4.61. The molecule has 2 rings (SSSR count). The number of benzene rings is 1. The van der Waals surface area contributed by atoms with Crippen molar-refractivity contribution in [2.24, 2.45) is 5.41 Å². The van der Waals surface area contributed by atoms with Gasteiger partial charge in [-0.15, -0.1) is 0 Å². The van der Waals surface area contributed by atoms with Gasteiger partial charge in [-0.05, 0) is 23.6 Å². The van der Waals surface area contributed by atoms with Crippen LogP contribution < -0.4 is 0 Å². The van der Waals surface area contributed by atoms with Crippen LogP contribution in [0.25, 0.3) is 11.0 Å². The Balaban J connectivity index is 2.24. The van der Waals surface area contributed by atoms with Gasteiger partial charge in [0.15, 0.2) is 0 Å². The fourth-order valence-corrected chi connectivity index (χ4v) is 2.22. The van der Waals surface area contributed by atoms with Crippen LogP contribution in [0, 0.1) is 5.41 Å². The summed E-state index contributed by atoms with van der Waals surface area (Å²) in [4.78, 5) is 18.4. The van der Waals surface area contributed by atoms with Gasteiger partial charge in [0.1, 0.15) is 5.82 Å². The van der Waals surface area contributed by atoms with Crippen molar-refractivity contribution < 1.29 is 9.90 Å². The van der Waals surface area contributed by atoms with E-state index in [0.717, 1.165) is 16.9 Å². The van der Waals surface area contributed by atoms with Gasteiger partial charge in [0.2, 0.25) is 0 Å². The van der Waals surface area contributed by atoms with E-state index in [1.54, 1.807) is 6.07 Å². The molecule has 0 unspecified atom stereocenters. The highest BCUT2D eigenvalue weighted by Crippen LogP contribution is 2.26. The monoisotopic (exact) mass is 266 g/mol. The zero-order valence-corrected chi connectivity index (χ0v) is 11.1. The first kappa shape index (κ1) is 12.9. The molecule has 0 atom stereocenters. The van der Waals surface area contributed by atoms with Gasteiger partial charge in [-0.1, -0.05) is 25.4 Å². The van der Waals surface area contributed by atoms with Crippen molar-refractivity contribution in [3.8, 4) is 0 Å². The van der Waals surface area contributed by atoms with Gasteiger partial charge in [0.25, 0.3) is 0 Å². The SMILES string of the molecule is CC(C)(CC(=O)O)Cc1nc2ccc(Cl)cc2[nH]1. The maximum absolute atomic E-state index is 10.8. The molecular formula is C13H15ClN2O2. The van der Waals surface area contributed by atoms with Crippen LogP contribution in [0.4, 0.5) is 0 Å². The Labute approximate surface area is 110 Å². The highest BCUT2D eigenvalue weighted by molar-refractivity contribution is 6.31. The molecule has 0 fully saturated rings. The van der Waals surface area contributed by atoms with Gasteiger partial charge >= 0.3 is 5.97 Å². The smallest absolute Gasteiger partial charge is 0.303 e. The predicted octanol–water partition coefficient (Wildman–Crippen LogP) is 3.26. The summed E-state index contributed by atoms with van der Waals surface area (Å²) >= 11 is 5.90. The minimum atomic E-state index is -0.792. The summed E-state index contributed by atoms with van der Waals surface area (Å²) in [5.74, 6) is -0.00216. The number of carbonyl (C=O) groups is 1. The molecule has 2 N–H and O–H groups in total. The van der Waals surface area contributed by atoms with Crippen LogP contribution in [0.15, 0.2) is 18.2 Å². The number of hydrogen-bond acceptors (Lipinski definition) is 2. The Morgan fingerprint density at radius 3 is 2.89 bits per heavy atom. The molecule has 0 spiro atoms. The van der Waals surface area contributed by atoms with Crippen molar-refractivity contribution in [2.45, 2.75) is 26.7 Å². The lowest BCUT2D eigenvalue weighted by Crippen LogP contribution is -2.20. The Morgan fingerprint density at radius 1 is 1.50 bits per heavy atom. The average molecular weight is 267 g/mol. The Kier molecular flexibility index (Phi) is 3.30. The lowest BCUT2D eigenvalue weighted by atomic mass is 9.85. The quantitative estimate of drug-likeness (QED) is 0.893. The zero-order chi connectivity index (χ0) is 13.3. The van der Waals surface area contributed by atoms with Crippen molar-refractivity contribution >= 4 is 28.6 Å². The van der Waals surface area contributed by atoms with Crippen LogP contribution in [-0.4, -0.2) is 21.0 Å². The fourth-order valence-electron chi connectivity index (χ4n) is 2.04. The largest absolute Gasteiger partial charge is 0.481 e. The summed E-state index contributed by atoms with van der Waals surface area (Å²) in [7, 11) is 0. The first-order valence-corrected chi connectivity index (χ1v) is 6.09. The first-order valence-electron chi connectivity index (χ1n) is 5.72. The van der Waals surface area contributed by atoms with E-state index in [4.69, 9.17) is 16.7 Å². The molecule has 1 aromatic carbocycles. The van der Waals surface area contributed by atoms with Gasteiger partial charge in [0.05, 0.1) is 17.5 Å². The van der Waals surface area contributed by atoms with Gasteiger partial charge in [0, 0.05) is 11.4 Å². The summed E-state index contributed by atoms with van der Waals surface area (Å²) in [6, 6.07) is 5.45. The molecule has 2 aromatic rings. The van der Waals surface area contributed by atoms with Crippen LogP contribution in [0.3, 0.4) is 0 Å². The van der Waals surface area contributed by atoms with Crippen molar-refractivity contribution in [3.63, 3.8) is 0 Å². The molecular weight excluding hydrogens is 252 g/mol. The molecule has 0 aliphatic carbocycles. The number of halogens is 1. The van der Waals surface area contributed by atoms with E-state index in [0.29, 0.717) is 11.4 Å². The second-order valence-electron chi connectivity index (χ2n) is 5.26. The third-order valence-corrected chi connectivity index (χ3v) is 3.00. The molecule has 0 amide bonds. The Morgan fingerprint density at radius 2 is 2.22 bits per heavy atom. The minimum Gasteiger partial charge on any atom is -0.481 e. The number of nitrogens with zero attached hydrogens (tertiary/aromatic N) is 1. The van der Waals surface area contributed by atoms with E-state index < -0.39 is 5.97 Å². The summed E-state index contributed by atoms with van der Waals surface area (Å²) in [5.41, 5.74) is 1.40. The van der Waals surface area contributed by atoms with Gasteiger partial charge in [-0.2, -0.15) is 0 Å². The third kappa shape index (κ3) is 3.01. The number of aromatic nitrogens is 2. The molecule has 0 bridgehead atoms. The number of carboxylic acids is 1. The highest BCUT2D eigenvalue weighted by Gasteiger charge is 2.23. The van der Waals surface area contributed by atoms with E-state index in [9.17, 15) is 4.79 Å². The maximum atomic E-state index is 10.8. The minimum absolute atomic E-state index is 0.116. The first-order chi connectivity index (χ1) is 8.35. The van der Waals surface area contributed by atoms with Crippen LogP contribution in [-0.2, 0) is 11.2 Å². The lowest BCUT2D eigenvalue weighted by molar-refractivity contribution is -0.139. The number of hydrogen-bond donors (Lipinski definition) is 2. The van der Waals surface area contributed by atoms with Gasteiger partial charge in [-0.25, -0.2) is 4.98 Å². The van der Waals surface area contributed by atoms with E-state index in [1.165, 1.54) is 0 Å². The Hall–Kier alpha value is -1.55. The van der Waals surface area contributed by atoms with Crippen LogP contribution in [0.2, 0.25) is 5.02 Å². The second-order valence-corrected chi connectivity index (χ2v) is 5.69. The van der Waals surface area contributed by atoms with Crippen LogP contribution in [0.5, 0.6) is 0 Å². The zero-order valence-electron chi connectivity index (χ0n) is 10.3. The molecule has 1 heterocycles. The molecule has 5 heteroatoms. The molecule has 0 radical (unpaired) electrons. The lowest BCUT2D eigenvalue weighted by Gasteiger charge is -2.20. The molecule has 0 saturated carbocycles. The predicted molar refractivity (Wildman–Crippen MR) is 70.8 cm³/mol. The number of aromatic amines is 1. The molecule has 18 heavy (non-hydrogen) atoms. The molecule has 0 aliphatic heterocycles. The normalized spacial score (nSPS) is 11.9. The third-order valence-electron chi connectivity index (χ3n) is 2.77. The fraction of sp³-hybridized carbons (Fsp3) is 0.385.